The first-order valence-corrected chi connectivity index (χ1v) is 10.3. The lowest BCUT2D eigenvalue weighted by Crippen LogP contribution is -2.47. The number of nitrogens with zero attached hydrogens (tertiary/aromatic N) is 4. The average Bonchev–Trinajstić information content (AvgIpc) is 3.16. The second-order valence-corrected chi connectivity index (χ2v) is 7.57. The van der Waals surface area contributed by atoms with E-state index in [9.17, 15) is 4.79 Å². The summed E-state index contributed by atoms with van der Waals surface area (Å²) in [6.45, 7) is 5.05. The minimum Gasteiger partial charge on any atom is -0.370 e. The van der Waals surface area contributed by atoms with E-state index in [1.807, 2.05) is 19.1 Å². The van der Waals surface area contributed by atoms with Crippen LogP contribution in [0, 0.1) is 5.92 Å². The molecule has 1 aliphatic heterocycles. The van der Waals surface area contributed by atoms with Crippen molar-refractivity contribution in [1.29, 1.82) is 0 Å². The van der Waals surface area contributed by atoms with E-state index in [0.717, 1.165) is 44.0 Å². The Kier molecular flexibility index (Phi) is 9.83. The average molecular weight is 547 g/mol. The smallest absolute Gasteiger partial charge is 0.228 e. The van der Waals surface area contributed by atoms with Crippen LogP contribution in [0.25, 0.3) is 11.4 Å². The highest BCUT2D eigenvalue weighted by atomic mass is 127. The van der Waals surface area contributed by atoms with Crippen molar-refractivity contribution in [3.63, 3.8) is 0 Å². The first-order chi connectivity index (χ1) is 14.0. The molecule has 1 fully saturated rings. The number of rotatable bonds is 7. The van der Waals surface area contributed by atoms with Crippen LogP contribution in [0.2, 0.25) is 5.02 Å². The molecule has 1 atom stereocenters. The van der Waals surface area contributed by atoms with Gasteiger partial charge in [0.25, 0.3) is 0 Å². The van der Waals surface area contributed by atoms with Crippen molar-refractivity contribution < 1.29 is 9.32 Å². The lowest BCUT2D eigenvalue weighted by Gasteiger charge is -2.34. The van der Waals surface area contributed by atoms with Crippen molar-refractivity contribution in [2.24, 2.45) is 16.6 Å². The first kappa shape index (κ1) is 24.4. The fourth-order valence-electron chi connectivity index (χ4n) is 3.46. The van der Waals surface area contributed by atoms with E-state index >= 15 is 0 Å². The number of benzene rings is 1. The van der Waals surface area contributed by atoms with Crippen molar-refractivity contribution in [3.8, 4) is 11.4 Å². The Balaban J connectivity index is 0.00000320. The normalized spacial score (nSPS) is 16.8. The number of carbonyl (C=O) groups is 1. The van der Waals surface area contributed by atoms with Crippen LogP contribution in [0.1, 0.15) is 32.1 Å². The minimum atomic E-state index is -0.244. The number of hydrogen-bond donors (Lipinski definition) is 2. The Morgan fingerprint density at radius 2 is 2.17 bits per heavy atom. The topological polar surface area (TPSA) is 110 Å². The number of likely N-dealkylation sites (tertiary alicyclic amines) is 1. The minimum absolute atomic E-state index is 0. The van der Waals surface area contributed by atoms with Gasteiger partial charge in [0.05, 0.1) is 6.54 Å². The Bertz CT molecular complexity index is 842. The van der Waals surface area contributed by atoms with Gasteiger partial charge in [-0.05, 0) is 49.9 Å². The molecule has 0 aliphatic carbocycles. The predicted molar refractivity (Wildman–Crippen MR) is 128 cm³/mol. The molecule has 2 heterocycles. The number of hydrogen-bond acceptors (Lipinski definition) is 5. The van der Waals surface area contributed by atoms with E-state index in [1.165, 1.54) is 0 Å². The summed E-state index contributed by atoms with van der Waals surface area (Å²) < 4.78 is 5.35. The van der Waals surface area contributed by atoms with Crippen LogP contribution in [-0.4, -0.2) is 53.1 Å². The standard InChI is InChI=1S/C20H27ClN6O2.HI/c1-2-23-20(27-11-3-4-14(13-27)12-17(22)28)24-10-9-18-25-19(26-29-18)15-5-7-16(21)8-6-15;/h5-8,14H,2-4,9-13H2,1H3,(H2,22,28)(H,23,24);1H. The third-order valence-electron chi connectivity index (χ3n) is 4.80. The van der Waals surface area contributed by atoms with Crippen LogP contribution < -0.4 is 11.1 Å². The van der Waals surface area contributed by atoms with Gasteiger partial charge in [0.2, 0.25) is 17.6 Å². The number of aromatic nitrogens is 2. The van der Waals surface area contributed by atoms with Gasteiger partial charge < -0.3 is 20.5 Å². The molecule has 1 aromatic heterocycles. The Morgan fingerprint density at radius 3 is 2.87 bits per heavy atom. The number of carbonyl (C=O) groups excluding carboxylic acids is 1. The number of piperidine rings is 1. The van der Waals surface area contributed by atoms with Gasteiger partial charge in [0, 0.05) is 43.1 Å². The molecule has 1 aromatic carbocycles. The van der Waals surface area contributed by atoms with Gasteiger partial charge in [-0.15, -0.1) is 24.0 Å². The Morgan fingerprint density at radius 1 is 1.40 bits per heavy atom. The molecule has 2 aromatic rings. The summed E-state index contributed by atoms with van der Waals surface area (Å²) in [6, 6.07) is 7.31. The fraction of sp³-hybridized carbons (Fsp3) is 0.500. The maximum absolute atomic E-state index is 11.2. The van der Waals surface area contributed by atoms with Gasteiger partial charge in [-0.2, -0.15) is 4.98 Å². The molecule has 10 heteroatoms. The van der Waals surface area contributed by atoms with Crippen LogP contribution in [0.5, 0.6) is 0 Å². The molecule has 1 aliphatic rings. The molecule has 1 unspecified atom stereocenters. The Hall–Kier alpha value is -1.88. The van der Waals surface area contributed by atoms with E-state index in [0.29, 0.717) is 36.1 Å². The molecule has 0 radical (unpaired) electrons. The molecule has 30 heavy (non-hydrogen) atoms. The summed E-state index contributed by atoms with van der Waals surface area (Å²) in [6.07, 6.45) is 3.02. The lowest BCUT2D eigenvalue weighted by molar-refractivity contribution is -0.119. The monoisotopic (exact) mass is 546 g/mol. The summed E-state index contributed by atoms with van der Waals surface area (Å²) in [7, 11) is 0. The van der Waals surface area contributed by atoms with Crippen molar-refractivity contribution in [2.75, 3.05) is 26.2 Å². The SMILES string of the molecule is CCNC(=NCCc1nc(-c2ccc(Cl)cc2)no1)N1CCCC(CC(N)=O)C1.I. The van der Waals surface area contributed by atoms with E-state index < -0.39 is 0 Å². The number of aliphatic imine (C=N–C) groups is 1. The Labute approximate surface area is 198 Å². The maximum atomic E-state index is 11.2. The largest absolute Gasteiger partial charge is 0.370 e. The van der Waals surface area contributed by atoms with Crippen LogP contribution in [-0.2, 0) is 11.2 Å². The highest BCUT2D eigenvalue weighted by Gasteiger charge is 2.23. The summed E-state index contributed by atoms with van der Waals surface area (Å²) >= 11 is 5.91. The van der Waals surface area contributed by atoms with Gasteiger partial charge in [-0.25, -0.2) is 0 Å². The number of halogens is 2. The third-order valence-corrected chi connectivity index (χ3v) is 5.05. The van der Waals surface area contributed by atoms with Crippen LogP contribution in [0.3, 0.4) is 0 Å². The quantitative estimate of drug-likeness (QED) is 0.314. The molecule has 0 saturated carbocycles. The van der Waals surface area contributed by atoms with E-state index in [1.54, 1.807) is 12.1 Å². The van der Waals surface area contributed by atoms with Crippen LogP contribution in [0.4, 0.5) is 0 Å². The van der Waals surface area contributed by atoms with Gasteiger partial charge in [0.1, 0.15) is 0 Å². The number of guanidine groups is 1. The molecule has 1 amide bonds. The second kappa shape index (κ2) is 12.1. The summed E-state index contributed by atoms with van der Waals surface area (Å²) in [5, 5.41) is 8.02. The summed E-state index contributed by atoms with van der Waals surface area (Å²) in [5.74, 6) is 1.96. The van der Waals surface area contributed by atoms with E-state index in [-0.39, 0.29) is 35.8 Å². The molecular weight excluding hydrogens is 519 g/mol. The molecule has 8 nitrogen and oxygen atoms in total. The molecule has 3 rings (SSSR count). The fourth-order valence-corrected chi connectivity index (χ4v) is 3.59. The molecule has 1 saturated heterocycles. The van der Waals surface area contributed by atoms with Gasteiger partial charge in [0.15, 0.2) is 5.96 Å². The predicted octanol–water partition coefficient (Wildman–Crippen LogP) is 3.10. The molecule has 0 bridgehead atoms. The van der Waals surface area contributed by atoms with Crippen molar-refractivity contribution in [3.05, 3.63) is 35.2 Å². The van der Waals surface area contributed by atoms with Gasteiger partial charge in [-0.1, -0.05) is 16.8 Å². The van der Waals surface area contributed by atoms with E-state index in [4.69, 9.17) is 26.9 Å². The van der Waals surface area contributed by atoms with Gasteiger partial charge in [-0.3, -0.25) is 9.79 Å². The summed E-state index contributed by atoms with van der Waals surface area (Å²) in [4.78, 5) is 22.6. The molecule has 164 valence electrons. The maximum Gasteiger partial charge on any atom is 0.228 e. The molecule has 3 N–H and O–H groups in total. The highest BCUT2D eigenvalue weighted by molar-refractivity contribution is 14.0. The molecule has 0 spiro atoms. The number of amides is 1. The van der Waals surface area contributed by atoms with Crippen LogP contribution >= 0.6 is 35.6 Å². The lowest BCUT2D eigenvalue weighted by atomic mass is 9.95. The van der Waals surface area contributed by atoms with Crippen molar-refractivity contribution in [2.45, 2.75) is 32.6 Å². The molecular formula is C20H28ClIN6O2. The third kappa shape index (κ3) is 7.12. The van der Waals surface area contributed by atoms with E-state index in [2.05, 4.69) is 20.4 Å². The zero-order chi connectivity index (χ0) is 20.6. The van der Waals surface area contributed by atoms with Gasteiger partial charge >= 0.3 is 0 Å². The number of primary amides is 1. The van der Waals surface area contributed by atoms with Crippen molar-refractivity contribution >= 4 is 47.4 Å². The zero-order valence-corrected chi connectivity index (χ0v) is 20.1. The highest BCUT2D eigenvalue weighted by Crippen LogP contribution is 2.20. The number of nitrogens with one attached hydrogen (secondary N) is 1. The second-order valence-electron chi connectivity index (χ2n) is 7.13. The zero-order valence-electron chi connectivity index (χ0n) is 17.0. The van der Waals surface area contributed by atoms with Crippen LogP contribution in [0.15, 0.2) is 33.8 Å². The first-order valence-electron chi connectivity index (χ1n) is 9.95. The number of nitrogens with two attached hydrogens (primary N) is 1. The summed E-state index contributed by atoms with van der Waals surface area (Å²) in [5.41, 5.74) is 6.22. The van der Waals surface area contributed by atoms with Crippen molar-refractivity contribution in [1.82, 2.24) is 20.4 Å².